The van der Waals surface area contributed by atoms with E-state index in [1.807, 2.05) is 12.1 Å². The molecule has 2 aromatic heterocycles. The molecule has 8 nitrogen and oxygen atoms in total. The van der Waals surface area contributed by atoms with E-state index in [4.69, 9.17) is 14.6 Å². The number of H-pyrrole nitrogens is 1. The Morgan fingerprint density at radius 3 is 1.77 bits per heavy atom. The van der Waals surface area contributed by atoms with E-state index < -0.39 is 29.4 Å². The van der Waals surface area contributed by atoms with Gasteiger partial charge in [-0.15, -0.1) is 0 Å². The topological polar surface area (TPSA) is 119 Å². The van der Waals surface area contributed by atoms with Gasteiger partial charge < -0.3 is 19.6 Å². The van der Waals surface area contributed by atoms with Crippen molar-refractivity contribution in [1.29, 1.82) is 0 Å². The smallest absolute Gasteiger partial charge is 0.341 e. The zero-order chi connectivity index (χ0) is 42.2. The molecule has 0 saturated heterocycles. The van der Waals surface area contributed by atoms with Gasteiger partial charge in [0.1, 0.15) is 36.5 Å². The molecule has 0 aliphatic heterocycles. The third kappa shape index (κ3) is 9.61. The van der Waals surface area contributed by atoms with E-state index in [-0.39, 0.29) is 35.7 Å². The average molecular weight is 815 g/mol. The predicted octanol–water partition coefficient (Wildman–Crippen LogP) is 10.8. The molecule has 0 bridgehead atoms. The number of nitrogens with one attached hydrogen (secondary N) is 1. The first-order valence-electron chi connectivity index (χ1n) is 19.2. The molecule has 60 heavy (non-hydrogen) atoms. The van der Waals surface area contributed by atoms with Crippen molar-refractivity contribution in [3.05, 3.63) is 200 Å². The van der Waals surface area contributed by atoms with E-state index in [1.165, 1.54) is 54.6 Å². The van der Waals surface area contributed by atoms with Crippen molar-refractivity contribution in [2.75, 3.05) is 0 Å². The van der Waals surface area contributed by atoms with Crippen LogP contribution in [0.15, 0.2) is 126 Å². The number of carboxylic acids is 1. The summed E-state index contributed by atoms with van der Waals surface area (Å²) in [6, 6.07) is 27.4. The molecule has 12 heteroatoms. The standard InChI is InChI=1S/C31H24F3NO3.C17H14FNO3/c32-23-11-6-20(7-12-23)18-37-30-27(5-2-16-35-30)26-4-1-3-25(26)22-10-15-29(34)28(17-22)31(36)38-19-21-8-13-24(33)14-9-21;18-15-7-6-10(9-14(15)17(21)22)11-3-1-4-12(11)13-5-2-8-19-16(13)20/h2,5-17H,1,3-4,18-19H2;2,5-9H,1,3-4H2,(H,19,20)(H,21,22). The Morgan fingerprint density at radius 2 is 1.17 bits per heavy atom. The van der Waals surface area contributed by atoms with Crippen LogP contribution in [0.5, 0.6) is 5.88 Å². The highest BCUT2D eigenvalue weighted by Crippen LogP contribution is 2.43. The second-order valence-corrected chi connectivity index (χ2v) is 14.2. The van der Waals surface area contributed by atoms with Gasteiger partial charge in [-0.1, -0.05) is 36.4 Å². The fraction of sp³-hybridized carbons (Fsp3) is 0.167. The highest BCUT2D eigenvalue weighted by atomic mass is 19.1. The maximum atomic E-state index is 14.6. The highest BCUT2D eigenvalue weighted by molar-refractivity contribution is 5.97. The minimum atomic E-state index is -1.29. The van der Waals surface area contributed by atoms with Gasteiger partial charge in [-0.2, -0.15) is 0 Å². The van der Waals surface area contributed by atoms with Gasteiger partial charge in [0.15, 0.2) is 0 Å². The number of halogens is 4. The Labute approximate surface area is 342 Å². The van der Waals surface area contributed by atoms with E-state index in [2.05, 4.69) is 9.97 Å². The summed E-state index contributed by atoms with van der Waals surface area (Å²) in [4.78, 5) is 42.8. The van der Waals surface area contributed by atoms with E-state index >= 15 is 0 Å². The number of aromatic amines is 1. The number of rotatable bonds is 11. The zero-order valence-electron chi connectivity index (χ0n) is 32.2. The van der Waals surface area contributed by atoms with Crippen molar-refractivity contribution < 1.29 is 41.7 Å². The molecule has 2 aliphatic carbocycles. The number of carboxylic acid groups (broad SMARTS) is 1. The number of pyridine rings is 2. The van der Waals surface area contributed by atoms with Crippen LogP contribution in [0.2, 0.25) is 0 Å². The maximum Gasteiger partial charge on any atom is 0.341 e. The number of aromatic nitrogens is 2. The molecule has 2 N–H and O–H groups in total. The van der Waals surface area contributed by atoms with Crippen molar-refractivity contribution >= 4 is 34.2 Å². The number of allylic oxidation sites excluding steroid dienone is 4. The van der Waals surface area contributed by atoms with Crippen LogP contribution in [-0.2, 0) is 18.0 Å². The molecule has 6 aromatic rings. The highest BCUT2D eigenvalue weighted by Gasteiger charge is 2.24. The Bertz CT molecular complexity index is 2670. The lowest BCUT2D eigenvalue weighted by atomic mass is 9.96. The minimum Gasteiger partial charge on any atom is -0.478 e. The van der Waals surface area contributed by atoms with Crippen molar-refractivity contribution in [2.45, 2.75) is 51.7 Å². The fourth-order valence-corrected chi connectivity index (χ4v) is 7.40. The SMILES string of the molecule is O=C(O)c1cc(C2=C(c3ccc[nH]c3=O)CCC2)ccc1F.O=C(OCc1ccc(F)cc1)c1cc(C2=C(c3cccnc3OCc3ccc(F)cc3)CCC2)ccc1F. The average Bonchev–Trinajstić information content (AvgIpc) is 3.95. The number of carbonyl (C=O) groups is 2. The summed E-state index contributed by atoms with van der Waals surface area (Å²) < 4.78 is 65.8. The van der Waals surface area contributed by atoms with Crippen LogP contribution in [0.25, 0.3) is 22.3 Å². The van der Waals surface area contributed by atoms with Gasteiger partial charge in [-0.25, -0.2) is 32.1 Å². The van der Waals surface area contributed by atoms with E-state index in [9.17, 15) is 31.9 Å². The van der Waals surface area contributed by atoms with Gasteiger partial charge in [0.25, 0.3) is 5.56 Å². The lowest BCUT2D eigenvalue weighted by Gasteiger charge is -2.14. The Hall–Kier alpha value is -7.08. The van der Waals surface area contributed by atoms with Crippen LogP contribution in [0, 0.1) is 23.3 Å². The molecule has 0 spiro atoms. The number of benzene rings is 4. The van der Waals surface area contributed by atoms with Crippen LogP contribution in [-0.4, -0.2) is 27.0 Å². The number of carbonyl (C=O) groups excluding carboxylic acids is 1. The van der Waals surface area contributed by atoms with Crippen LogP contribution in [0.1, 0.15) is 92.6 Å². The molecular weight excluding hydrogens is 777 g/mol. The predicted molar refractivity (Wildman–Crippen MR) is 219 cm³/mol. The fourth-order valence-electron chi connectivity index (χ4n) is 7.40. The van der Waals surface area contributed by atoms with Crippen LogP contribution in [0.3, 0.4) is 0 Å². The Kier molecular flexibility index (Phi) is 12.8. The molecule has 0 saturated carbocycles. The summed E-state index contributed by atoms with van der Waals surface area (Å²) in [5.74, 6) is -3.78. The van der Waals surface area contributed by atoms with E-state index in [0.29, 0.717) is 22.6 Å². The summed E-state index contributed by atoms with van der Waals surface area (Å²) in [6.45, 7) is 0.134. The van der Waals surface area contributed by atoms with Gasteiger partial charge in [0, 0.05) is 23.5 Å². The Morgan fingerprint density at radius 1 is 0.633 bits per heavy atom. The van der Waals surface area contributed by atoms with Crippen molar-refractivity contribution in [2.24, 2.45) is 0 Å². The van der Waals surface area contributed by atoms with Gasteiger partial charge in [-0.05, 0) is 156 Å². The summed E-state index contributed by atoms with van der Waals surface area (Å²) >= 11 is 0. The van der Waals surface area contributed by atoms with E-state index in [0.717, 1.165) is 83.6 Å². The molecule has 2 aliphatic rings. The van der Waals surface area contributed by atoms with Crippen molar-refractivity contribution in [1.82, 2.24) is 9.97 Å². The quantitative estimate of drug-likeness (QED) is 0.0987. The minimum absolute atomic E-state index is 0.0961. The number of esters is 1. The van der Waals surface area contributed by atoms with Gasteiger partial charge >= 0.3 is 11.9 Å². The lowest BCUT2D eigenvalue weighted by Crippen LogP contribution is -2.10. The molecule has 4 aromatic carbocycles. The van der Waals surface area contributed by atoms with Gasteiger partial charge in [0.05, 0.1) is 11.1 Å². The van der Waals surface area contributed by atoms with Crippen LogP contribution in [0.4, 0.5) is 17.6 Å². The normalized spacial score (nSPS) is 13.5. The largest absolute Gasteiger partial charge is 0.478 e. The number of ether oxygens (including phenoxy) is 2. The first-order valence-corrected chi connectivity index (χ1v) is 19.2. The number of aromatic carboxylic acids is 1. The van der Waals surface area contributed by atoms with Gasteiger partial charge in [-0.3, -0.25) is 4.79 Å². The summed E-state index contributed by atoms with van der Waals surface area (Å²) in [5.41, 5.74) is 7.36. The second-order valence-electron chi connectivity index (χ2n) is 14.2. The zero-order valence-corrected chi connectivity index (χ0v) is 32.2. The van der Waals surface area contributed by atoms with Crippen molar-refractivity contribution in [3.8, 4) is 5.88 Å². The number of hydrogen-bond acceptors (Lipinski definition) is 6. The lowest BCUT2D eigenvalue weighted by molar-refractivity contribution is 0.0466. The third-order valence-corrected chi connectivity index (χ3v) is 10.3. The summed E-state index contributed by atoms with van der Waals surface area (Å²) in [5, 5.41) is 9.05. The van der Waals surface area contributed by atoms with Crippen LogP contribution < -0.4 is 10.3 Å². The second kappa shape index (κ2) is 18.7. The first-order chi connectivity index (χ1) is 29.0. The number of nitrogens with zero attached hydrogens (tertiary/aromatic N) is 1. The molecule has 2 heterocycles. The molecule has 0 unspecified atom stereocenters. The third-order valence-electron chi connectivity index (χ3n) is 10.3. The molecular formula is C48H38F4N2O6. The van der Waals surface area contributed by atoms with Crippen molar-refractivity contribution in [3.63, 3.8) is 0 Å². The summed E-state index contributed by atoms with van der Waals surface area (Å²) in [7, 11) is 0. The van der Waals surface area contributed by atoms with Gasteiger partial charge in [0.2, 0.25) is 5.88 Å². The molecule has 304 valence electrons. The molecule has 0 atom stereocenters. The molecule has 0 amide bonds. The molecule has 0 radical (unpaired) electrons. The maximum absolute atomic E-state index is 14.6. The molecule has 0 fully saturated rings. The molecule has 8 rings (SSSR count). The first kappa shape index (κ1) is 41.1. The summed E-state index contributed by atoms with van der Waals surface area (Å²) in [6.07, 6.45) is 8.01. The Balaban J connectivity index is 0.000000210. The van der Waals surface area contributed by atoms with Crippen LogP contribution >= 0.6 is 0 Å². The van der Waals surface area contributed by atoms with E-state index in [1.54, 1.807) is 48.8 Å². The monoisotopic (exact) mass is 814 g/mol. The number of hydrogen-bond donors (Lipinski definition) is 2.